The minimum atomic E-state index is -4.49. The van der Waals surface area contributed by atoms with Crippen LogP contribution in [0.5, 0.6) is 0 Å². The molecule has 0 N–H and O–H groups in total. The van der Waals surface area contributed by atoms with Crippen LogP contribution in [0.3, 0.4) is 0 Å². The molecule has 19 aromatic rings. The van der Waals surface area contributed by atoms with Gasteiger partial charge in [-0.05, 0) is 243 Å². The summed E-state index contributed by atoms with van der Waals surface area (Å²) >= 11 is 0. The Morgan fingerprint density at radius 2 is 0.449 bits per heavy atom. The number of rotatable bonds is 17. The van der Waals surface area contributed by atoms with Gasteiger partial charge in [0.15, 0.2) is 0 Å². The van der Waals surface area contributed by atoms with Gasteiger partial charge < -0.3 is 0 Å². The lowest BCUT2D eigenvalue weighted by Crippen LogP contribution is -2.05. The van der Waals surface area contributed by atoms with E-state index < -0.39 is 11.7 Å². The molecular formula is C105H69F3N10. The van der Waals surface area contributed by atoms with E-state index >= 15 is 0 Å². The van der Waals surface area contributed by atoms with Gasteiger partial charge in [-0.15, -0.1) is 0 Å². The second kappa shape index (κ2) is 33.5. The Labute approximate surface area is 681 Å². The molecule has 118 heavy (non-hydrogen) atoms. The summed E-state index contributed by atoms with van der Waals surface area (Å²) in [5, 5.41) is 0. The minimum Gasteiger partial charge on any atom is -0.264 e. The van der Waals surface area contributed by atoms with Gasteiger partial charge in [-0.25, -0.2) is 24.9 Å². The monoisotopic (exact) mass is 1530 g/mol. The van der Waals surface area contributed by atoms with Gasteiger partial charge in [0.2, 0.25) is 0 Å². The van der Waals surface area contributed by atoms with Gasteiger partial charge in [-0.1, -0.05) is 200 Å². The third-order valence-electron chi connectivity index (χ3n) is 20.6. The third-order valence-corrected chi connectivity index (χ3v) is 20.6. The molecule has 560 valence electrons. The topological polar surface area (TPSA) is 129 Å². The van der Waals surface area contributed by atoms with Gasteiger partial charge in [0.25, 0.3) is 0 Å². The molecule has 0 saturated heterocycles. The van der Waals surface area contributed by atoms with E-state index in [1.54, 1.807) is 24.8 Å². The molecule has 0 atom stereocenters. The molecule has 10 heterocycles. The lowest BCUT2D eigenvalue weighted by molar-refractivity contribution is -0.137. The number of pyridine rings is 10. The number of alkyl halides is 3. The molecule has 0 fully saturated rings. The number of hydrogen-bond donors (Lipinski definition) is 0. The molecule has 19 rings (SSSR count). The van der Waals surface area contributed by atoms with Crippen molar-refractivity contribution in [3.63, 3.8) is 0 Å². The van der Waals surface area contributed by atoms with Gasteiger partial charge in [-0.3, -0.25) is 24.9 Å². The molecular weight excluding hydrogens is 1460 g/mol. The Balaban J connectivity index is 0.000000163. The van der Waals surface area contributed by atoms with Crippen molar-refractivity contribution in [3.05, 3.63) is 425 Å². The highest BCUT2D eigenvalue weighted by atomic mass is 19.4. The Hall–Kier alpha value is -15.7. The van der Waals surface area contributed by atoms with E-state index in [0.717, 1.165) is 192 Å². The molecule has 10 nitrogen and oxygen atoms in total. The molecule has 0 saturated carbocycles. The molecule has 0 unspecified atom stereocenters. The first-order valence-electron chi connectivity index (χ1n) is 38.6. The van der Waals surface area contributed by atoms with Crippen molar-refractivity contribution in [3.8, 4) is 191 Å². The maximum Gasteiger partial charge on any atom is 0.417 e. The van der Waals surface area contributed by atoms with Gasteiger partial charge >= 0.3 is 6.18 Å². The van der Waals surface area contributed by atoms with Crippen LogP contribution in [0, 0.1) is 0 Å². The van der Waals surface area contributed by atoms with E-state index in [0.29, 0.717) is 11.3 Å². The Morgan fingerprint density at radius 3 is 0.814 bits per heavy atom. The van der Waals surface area contributed by atoms with Crippen molar-refractivity contribution in [1.82, 2.24) is 49.8 Å². The number of benzene rings is 9. The fourth-order valence-electron chi connectivity index (χ4n) is 14.8. The average molecular weight is 1530 g/mol. The molecule has 0 spiro atoms. The van der Waals surface area contributed by atoms with E-state index in [-0.39, 0.29) is 0 Å². The summed E-state index contributed by atoms with van der Waals surface area (Å²) in [5.74, 6) is 0. The van der Waals surface area contributed by atoms with Gasteiger partial charge in [-0.2, -0.15) is 13.2 Å². The molecule has 0 aliphatic carbocycles. The fourth-order valence-corrected chi connectivity index (χ4v) is 14.8. The number of hydrogen-bond acceptors (Lipinski definition) is 10. The summed E-state index contributed by atoms with van der Waals surface area (Å²) in [6.45, 7) is 0. The van der Waals surface area contributed by atoms with Crippen molar-refractivity contribution >= 4 is 0 Å². The van der Waals surface area contributed by atoms with E-state index in [4.69, 9.17) is 24.9 Å². The summed E-state index contributed by atoms with van der Waals surface area (Å²) in [4.78, 5) is 47.3. The number of nitrogens with zero attached hydrogens (tertiary/aromatic N) is 10. The maximum absolute atomic E-state index is 13.5. The Kier molecular flexibility index (Phi) is 20.9. The van der Waals surface area contributed by atoms with Crippen LogP contribution in [0.25, 0.3) is 191 Å². The van der Waals surface area contributed by atoms with Gasteiger partial charge in [0.05, 0.1) is 79.6 Å². The van der Waals surface area contributed by atoms with Crippen LogP contribution in [-0.2, 0) is 6.18 Å². The average Bonchev–Trinajstić information content (AvgIpc) is 0.768. The zero-order valence-electron chi connectivity index (χ0n) is 63.4. The van der Waals surface area contributed by atoms with Crippen molar-refractivity contribution in [2.24, 2.45) is 0 Å². The van der Waals surface area contributed by atoms with E-state index in [1.165, 1.54) is 6.07 Å². The molecule has 0 aliphatic rings. The van der Waals surface area contributed by atoms with E-state index in [1.807, 2.05) is 188 Å². The standard InChI is InChI=1S/C55H37N5.C50H32F3N5/c1-2-12-38(13-3-1)50-22-7-23-51(58-50)42-17-4-14-39(30-42)47-33-48(40-15-5-18-43(31-40)52-24-8-26-54(59-52)45-20-10-28-56-36-45)35-49(34-47)41-16-6-19-44(32-41)53-25-9-27-55(60-53)46-21-11-29-57-37-46;51-50(52,53)36-25-26-43(56-32-36)40-16-4-1-13-37(40)33-29-34(38-14-2-5-17-41(38)44-21-11-23-48(57-44)46-19-7-9-27-54-46)31-35(30-33)39-15-3-6-18-42(39)45-22-12-24-49(58-45)47-20-8-10-28-55-47/h1-37H;1-32H. The number of halogens is 3. The first-order valence-corrected chi connectivity index (χ1v) is 38.6. The predicted molar refractivity (Wildman–Crippen MR) is 468 cm³/mol. The quantitative estimate of drug-likeness (QED) is 0.0869. The lowest BCUT2D eigenvalue weighted by atomic mass is 9.87. The molecule has 9 aromatic carbocycles. The molecule has 0 bridgehead atoms. The van der Waals surface area contributed by atoms with Crippen LogP contribution >= 0.6 is 0 Å². The highest BCUT2D eigenvalue weighted by molar-refractivity contribution is 5.94. The van der Waals surface area contributed by atoms with Gasteiger partial charge in [0, 0.05) is 93.4 Å². The Morgan fingerprint density at radius 1 is 0.161 bits per heavy atom. The second-order valence-corrected chi connectivity index (χ2v) is 28.2. The summed E-state index contributed by atoms with van der Waals surface area (Å²) in [7, 11) is 0. The second-order valence-electron chi connectivity index (χ2n) is 28.2. The predicted octanol–water partition coefficient (Wildman–Crippen LogP) is 26.7. The smallest absolute Gasteiger partial charge is 0.264 e. The van der Waals surface area contributed by atoms with Crippen LogP contribution < -0.4 is 0 Å². The first-order chi connectivity index (χ1) is 58.1. The fraction of sp³-hybridized carbons (Fsp3) is 0.00952. The summed E-state index contributed by atoms with van der Waals surface area (Å²) in [6.07, 6.45) is 7.17. The van der Waals surface area contributed by atoms with Crippen LogP contribution in [0.4, 0.5) is 13.2 Å². The summed E-state index contributed by atoms with van der Waals surface area (Å²) in [5.41, 5.74) is 30.5. The molecule has 10 aromatic heterocycles. The lowest BCUT2D eigenvalue weighted by Gasteiger charge is -2.18. The largest absolute Gasteiger partial charge is 0.417 e. The molecule has 0 radical (unpaired) electrons. The first kappa shape index (κ1) is 73.7. The molecule has 0 aliphatic heterocycles. The van der Waals surface area contributed by atoms with Gasteiger partial charge in [0.1, 0.15) is 0 Å². The zero-order valence-corrected chi connectivity index (χ0v) is 63.4. The van der Waals surface area contributed by atoms with Crippen LogP contribution in [0.2, 0.25) is 0 Å². The highest BCUT2D eigenvalue weighted by Crippen LogP contribution is 2.44. The van der Waals surface area contributed by atoms with Crippen molar-refractivity contribution in [2.75, 3.05) is 0 Å². The van der Waals surface area contributed by atoms with Crippen LogP contribution in [0.1, 0.15) is 5.56 Å². The van der Waals surface area contributed by atoms with E-state index in [2.05, 4.69) is 213 Å². The molecule has 13 heteroatoms. The normalized spacial score (nSPS) is 11.2. The van der Waals surface area contributed by atoms with Crippen LogP contribution in [0.15, 0.2) is 419 Å². The summed E-state index contributed by atoms with van der Waals surface area (Å²) in [6, 6.07) is 126. The summed E-state index contributed by atoms with van der Waals surface area (Å²) < 4.78 is 40.6. The van der Waals surface area contributed by atoms with E-state index in [9.17, 15) is 13.2 Å². The van der Waals surface area contributed by atoms with Crippen molar-refractivity contribution < 1.29 is 13.2 Å². The maximum atomic E-state index is 13.5. The van der Waals surface area contributed by atoms with Crippen LogP contribution in [-0.4, -0.2) is 49.8 Å². The molecule has 0 amide bonds. The Bertz CT molecular complexity index is 6300. The number of aromatic nitrogens is 10. The van der Waals surface area contributed by atoms with Crippen molar-refractivity contribution in [2.45, 2.75) is 6.18 Å². The minimum absolute atomic E-state index is 0.433. The highest BCUT2D eigenvalue weighted by Gasteiger charge is 2.31. The SMILES string of the molecule is FC(F)(F)c1ccc(-c2ccccc2-c2cc(-c3ccccc3-c3cccc(-c4ccccn4)n3)cc(-c3ccccc3-c3cccc(-c4ccccn4)n3)c2)nc1.c1ccc(-c2cccc(-c3cccc(-c4cc(-c5cccc(-c6cccc(-c7cccnc7)n6)c5)cc(-c5cccc(-c6cccc(-c7cccnc7)n6)c5)c4)c3)n2)cc1. The third kappa shape index (κ3) is 16.4. The zero-order chi connectivity index (χ0) is 79.6. The van der Waals surface area contributed by atoms with Crippen molar-refractivity contribution in [1.29, 1.82) is 0 Å².